The van der Waals surface area contributed by atoms with Gasteiger partial charge in [-0.15, -0.1) is 0 Å². The Kier molecular flexibility index (Phi) is 7.19. The second-order valence-electron chi connectivity index (χ2n) is 6.91. The molecule has 0 fully saturated rings. The number of hydrogen-bond acceptors (Lipinski definition) is 6. The number of sulfonamides is 1. The topological polar surface area (TPSA) is 139 Å². The minimum Gasteiger partial charge on any atom is -0.497 e. The van der Waals surface area contributed by atoms with Crippen molar-refractivity contribution in [2.24, 2.45) is 0 Å². The molecule has 0 heterocycles. The van der Waals surface area contributed by atoms with Gasteiger partial charge in [-0.3, -0.25) is 4.72 Å². The van der Waals surface area contributed by atoms with E-state index in [1.54, 1.807) is 6.07 Å². The number of para-hydroxylation sites is 1. The fourth-order valence-corrected chi connectivity index (χ4v) is 4.48. The van der Waals surface area contributed by atoms with Crippen molar-refractivity contribution in [3.63, 3.8) is 0 Å². The molecule has 3 N–H and O–H groups in total. The van der Waals surface area contributed by atoms with Crippen LogP contribution in [-0.2, 0) is 21.2 Å². The predicted molar refractivity (Wildman–Crippen MR) is 120 cm³/mol. The highest BCUT2D eigenvalue weighted by atomic mass is 32.2. The van der Waals surface area contributed by atoms with Crippen LogP contribution in [0.1, 0.15) is 21.5 Å². The molecule has 0 aliphatic rings. The lowest BCUT2D eigenvalue weighted by molar-refractivity contribution is -0.139. The van der Waals surface area contributed by atoms with Crippen LogP contribution in [0.5, 0.6) is 11.5 Å². The van der Waals surface area contributed by atoms with E-state index in [1.165, 1.54) is 37.4 Å². The molecule has 0 spiro atoms. The van der Waals surface area contributed by atoms with Gasteiger partial charge < -0.3 is 19.7 Å². The summed E-state index contributed by atoms with van der Waals surface area (Å²) in [4.78, 5) is 22.5. The van der Waals surface area contributed by atoms with Crippen molar-refractivity contribution in [3.05, 3.63) is 83.4 Å². The molecule has 0 bridgehead atoms. The first kappa shape index (κ1) is 23.6. The first-order chi connectivity index (χ1) is 15.7. The first-order valence-corrected chi connectivity index (χ1v) is 11.1. The van der Waals surface area contributed by atoms with Crippen molar-refractivity contribution >= 4 is 27.6 Å². The zero-order chi connectivity index (χ0) is 24.0. The minimum atomic E-state index is -4.30. The largest absolute Gasteiger partial charge is 0.497 e. The Bertz CT molecular complexity index is 1270. The van der Waals surface area contributed by atoms with Crippen molar-refractivity contribution in [2.75, 3.05) is 18.4 Å². The van der Waals surface area contributed by atoms with Crippen molar-refractivity contribution in [1.29, 1.82) is 0 Å². The van der Waals surface area contributed by atoms with Crippen molar-refractivity contribution in [1.82, 2.24) is 0 Å². The molecule has 0 saturated carbocycles. The van der Waals surface area contributed by atoms with E-state index in [0.29, 0.717) is 11.3 Å². The number of anilines is 1. The number of aromatic carboxylic acids is 1. The Morgan fingerprint density at radius 2 is 1.70 bits per heavy atom. The molecule has 0 radical (unpaired) electrons. The fourth-order valence-electron chi connectivity index (χ4n) is 3.16. The molecule has 3 aromatic rings. The summed E-state index contributed by atoms with van der Waals surface area (Å²) in [6, 6.07) is 17.4. The van der Waals surface area contributed by atoms with Gasteiger partial charge in [-0.25, -0.2) is 18.0 Å². The van der Waals surface area contributed by atoms with Crippen LogP contribution in [0.3, 0.4) is 0 Å². The highest BCUT2D eigenvalue weighted by molar-refractivity contribution is 7.92. The maximum atomic E-state index is 13.4. The zero-order valence-electron chi connectivity index (χ0n) is 17.5. The predicted octanol–water partition coefficient (Wildman–Crippen LogP) is 3.25. The summed E-state index contributed by atoms with van der Waals surface area (Å²) in [7, 11) is -2.84. The van der Waals surface area contributed by atoms with Gasteiger partial charge in [0, 0.05) is 0 Å². The Labute approximate surface area is 190 Å². The van der Waals surface area contributed by atoms with Gasteiger partial charge in [0.15, 0.2) is 6.61 Å². The number of carboxylic acid groups (broad SMARTS) is 2. The van der Waals surface area contributed by atoms with E-state index in [9.17, 15) is 23.1 Å². The van der Waals surface area contributed by atoms with Gasteiger partial charge in [-0.05, 0) is 47.9 Å². The van der Waals surface area contributed by atoms with Gasteiger partial charge in [0.25, 0.3) is 10.0 Å². The van der Waals surface area contributed by atoms with Gasteiger partial charge in [0.2, 0.25) is 0 Å². The molecule has 0 amide bonds. The zero-order valence-corrected chi connectivity index (χ0v) is 18.3. The van der Waals surface area contributed by atoms with Gasteiger partial charge in [-0.1, -0.05) is 36.4 Å². The van der Waals surface area contributed by atoms with Crippen LogP contribution in [0.15, 0.2) is 71.6 Å². The maximum absolute atomic E-state index is 13.4. The lowest BCUT2D eigenvalue weighted by Crippen LogP contribution is -2.19. The molecule has 3 aromatic carbocycles. The summed E-state index contributed by atoms with van der Waals surface area (Å²) < 4.78 is 39.4. The molecule has 10 heteroatoms. The molecule has 3 rings (SSSR count). The molecule has 9 nitrogen and oxygen atoms in total. The maximum Gasteiger partial charge on any atom is 0.341 e. The smallest absolute Gasteiger partial charge is 0.341 e. The van der Waals surface area contributed by atoms with Gasteiger partial charge in [0.05, 0.1) is 17.6 Å². The normalized spacial score (nSPS) is 10.9. The van der Waals surface area contributed by atoms with Gasteiger partial charge in [-0.2, -0.15) is 0 Å². The number of carboxylic acids is 2. The van der Waals surface area contributed by atoms with Crippen LogP contribution in [0, 0.1) is 0 Å². The second kappa shape index (κ2) is 10.0. The molecule has 0 unspecified atom stereocenters. The molecule has 0 saturated heterocycles. The number of carbonyl (C=O) groups is 2. The van der Waals surface area contributed by atoms with Crippen molar-refractivity contribution < 1.29 is 37.7 Å². The Morgan fingerprint density at radius 3 is 2.33 bits per heavy atom. The summed E-state index contributed by atoms with van der Waals surface area (Å²) in [5.41, 5.74) is 0.528. The van der Waals surface area contributed by atoms with Crippen molar-refractivity contribution in [2.45, 2.75) is 11.3 Å². The van der Waals surface area contributed by atoms with E-state index in [2.05, 4.69) is 4.72 Å². The van der Waals surface area contributed by atoms with Crippen LogP contribution < -0.4 is 14.2 Å². The van der Waals surface area contributed by atoms with Crippen LogP contribution in [-0.4, -0.2) is 44.3 Å². The van der Waals surface area contributed by atoms with Crippen LogP contribution >= 0.6 is 0 Å². The molecular formula is C23H21NO8S. The highest BCUT2D eigenvalue weighted by Gasteiger charge is 2.25. The molecule has 0 atom stereocenters. The third kappa shape index (κ3) is 5.80. The molecule has 33 heavy (non-hydrogen) atoms. The Hall–Kier alpha value is -4.05. The Morgan fingerprint density at radius 1 is 0.970 bits per heavy atom. The molecule has 172 valence electrons. The highest BCUT2D eigenvalue weighted by Crippen LogP contribution is 2.33. The summed E-state index contributed by atoms with van der Waals surface area (Å²) in [5, 5.41) is 18.4. The molecule has 0 aliphatic heterocycles. The summed E-state index contributed by atoms with van der Waals surface area (Å²) in [6.07, 6.45) is 0.275. The lowest BCUT2D eigenvalue weighted by atomic mass is 10.0. The van der Waals surface area contributed by atoms with Crippen LogP contribution in [0.2, 0.25) is 0 Å². The van der Waals surface area contributed by atoms with Crippen LogP contribution in [0.4, 0.5) is 5.69 Å². The average Bonchev–Trinajstić information content (AvgIpc) is 2.78. The van der Waals surface area contributed by atoms with E-state index < -0.39 is 28.6 Å². The average molecular weight is 471 g/mol. The summed E-state index contributed by atoms with van der Waals surface area (Å²) in [6.45, 7) is -0.778. The number of rotatable bonds is 10. The van der Waals surface area contributed by atoms with E-state index in [1.807, 2.05) is 30.3 Å². The standard InChI is InChI=1S/C23H21NO8S/c1-31-17-10-11-20(16(13-17)12-15-6-3-2-4-7-15)33(29,30)24-22-18(23(27)28)8-5-9-19(22)32-14-21(25)26/h2-11,13,24H,12,14H2,1H3,(H,25,26)(H,27,28). The summed E-state index contributed by atoms with van der Waals surface area (Å²) >= 11 is 0. The fraction of sp³-hybridized carbons (Fsp3) is 0.130. The van der Waals surface area contributed by atoms with Gasteiger partial charge >= 0.3 is 11.9 Å². The molecule has 0 aromatic heterocycles. The number of benzene rings is 3. The SMILES string of the molecule is COc1ccc(S(=O)(=O)Nc2c(OCC(=O)O)cccc2C(=O)O)c(Cc2ccccc2)c1. The quantitative estimate of drug-likeness (QED) is 0.409. The van der Waals surface area contributed by atoms with Gasteiger partial charge in [0.1, 0.15) is 17.2 Å². The lowest BCUT2D eigenvalue weighted by Gasteiger charge is -2.17. The monoisotopic (exact) mass is 471 g/mol. The molecule has 0 aliphatic carbocycles. The third-order valence-corrected chi connectivity index (χ3v) is 6.09. The summed E-state index contributed by atoms with van der Waals surface area (Å²) in [5.74, 6) is -2.48. The second-order valence-corrected chi connectivity index (χ2v) is 8.56. The molecular weight excluding hydrogens is 450 g/mol. The van der Waals surface area contributed by atoms with E-state index in [-0.39, 0.29) is 28.3 Å². The minimum absolute atomic E-state index is 0.0865. The number of ether oxygens (including phenoxy) is 2. The van der Waals surface area contributed by atoms with E-state index in [0.717, 1.165) is 5.56 Å². The first-order valence-electron chi connectivity index (χ1n) is 9.66. The van der Waals surface area contributed by atoms with Crippen LogP contribution in [0.25, 0.3) is 0 Å². The number of nitrogens with one attached hydrogen (secondary N) is 1. The van der Waals surface area contributed by atoms with E-state index >= 15 is 0 Å². The number of hydrogen-bond donors (Lipinski definition) is 3. The Balaban J connectivity index is 2.07. The van der Waals surface area contributed by atoms with Crippen molar-refractivity contribution in [3.8, 4) is 11.5 Å². The number of methoxy groups -OCH3 is 1. The third-order valence-electron chi connectivity index (χ3n) is 4.64. The number of aliphatic carboxylic acids is 1. The van der Waals surface area contributed by atoms with E-state index in [4.69, 9.17) is 14.6 Å².